The van der Waals surface area contributed by atoms with Gasteiger partial charge in [-0.3, -0.25) is 9.59 Å². The van der Waals surface area contributed by atoms with E-state index in [1.165, 1.54) is 11.1 Å². The van der Waals surface area contributed by atoms with Crippen LogP contribution in [0.15, 0.2) is 72.8 Å². The van der Waals surface area contributed by atoms with Crippen LogP contribution in [0.3, 0.4) is 0 Å². The molecule has 0 spiro atoms. The lowest BCUT2D eigenvalue weighted by atomic mass is 9.99. The molecule has 7 heteroatoms. The summed E-state index contributed by atoms with van der Waals surface area (Å²) in [6.45, 7) is 3.71. The average molecular weight is 527 g/mol. The van der Waals surface area contributed by atoms with E-state index in [4.69, 9.17) is 0 Å². The van der Waals surface area contributed by atoms with Crippen LogP contribution in [0.25, 0.3) is 0 Å². The van der Waals surface area contributed by atoms with Gasteiger partial charge in [0.1, 0.15) is 0 Å². The van der Waals surface area contributed by atoms with Gasteiger partial charge in [0.05, 0.1) is 12.1 Å². The topological polar surface area (TPSA) is 93.7 Å². The van der Waals surface area contributed by atoms with E-state index in [2.05, 4.69) is 40.2 Å². The lowest BCUT2D eigenvalue weighted by Gasteiger charge is -2.27. The van der Waals surface area contributed by atoms with Crippen LogP contribution in [0.2, 0.25) is 0 Å². The fourth-order valence-electron chi connectivity index (χ4n) is 5.70. The van der Waals surface area contributed by atoms with Crippen LogP contribution in [0.4, 0.5) is 11.4 Å². The Morgan fingerprint density at radius 2 is 1.85 bits per heavy atom. The van der Waals surface area contributed by atoms with E-state index in [0.29, 0.717) is 38.0 Å². The summed E-state index contributed by atoms with van der Waals surface area (Å²) in [6, 6.07) is 23.5. The molecule has 1 aliphatic carbocycles. The standard InChI is InChI=1S/C32H38N4O3/c1-2-33-25-18-24(19-26(20-25)36-16-8-13-31(36)38)32(39)35-29(17-22-9-4-3-5-10-22)30(37)21-34-28-15-14-23-11-6-7-12-27(23)28/h3-7,9-12,18-20,28-30,33-34,37H,2,8,13-17,21H2,1H3,(H,35,39)/t28-,29+,30+/m1/s1. The van der Waals surface area contributed by atoms with Crippen molar-refractivity contribution in [1.82, 2.24) is 10.6 Å². The number of aliphatic hydroxyl groups excluding tert-OH is 1. The van der Waals surface area contributed by atoms with Gasteiger partial charge >= 0.3 is 0 Å². The number of benzene rings is 3. The minimum atomic E-state index is -0.793. The van der Waals surface area contributed by atoms with Gasteiger partial charge in [0, 0.05) is 49.0 Å². The summed E-state index contributed by atoms with van der Waals surface area (Å²) in [5, 5.41) is 21.3. The molecular weight excluding hydrogens is 488 g/mol. The quantitative estimate of drug-likeness (QED) is 0.300. The number of carbonyl (C=O) groups is 2. The molecule has 3 aromatic rings. The number of aliphatic hydroxyl groups is 1. The van der Waals surface area contributed by atoms with E-state index in [1.54, 1.807) is 11.0 Å². The van der Waals surface area contributed by atoms with Crippen molar-refractivity contribution >= 4 is 23.2 Å². The number of aryl methyl sites for hydroxylation is 1. The maximum atomic E-state index is 13.6. The lowest BCUT2D eigenvalue weighted by Crippen LogP contribution is -2.49. The van der Waals surface area contributed by atoms with Crippen molar-refractivity contribution in [3.8, 4) is 0 Å². The van der Waals surface area contributed by atoms with Crippen molar-refractivity contribution < 1.29 is 14.7 Å². The van der Waals surface area contributed by atoms with Crippen LogP contribution < -0.4 is 20.9 Å². The monoisotopic (exact) mass is 526 g/mol. The van der Waals surface area contributed by atoms with Crippen LogP contribution in [-0.4, -0.2) is 48.7 Å². The van der Waals surface area contributed by atoms with Crippen LogP contribution in [0.5, 0.6) is 0 Å². The van der Waals surface area contributed by atoms with Gasteiger partial charge in [-0.25, -0.2) is 0 Å². The Balaban J connectivity index is 1.33. The summed E-state index contributed by atoms with van der Waals surface area (Å²) in [5.74, 6) is -0.194. The van der Waals surface area contributed by atoms with E-state index in [9.17, 15) is 14.7 Å². The zero-order valence-corrected chi connectivity index (χ0v) is 22.5. The Morgan fingerprint density at radius 3 is 2.62 bits per heavy atom. The van der Waals surface area contributed by atoms with Crippen LogP contribution in [0, 0.1) is 0 Å². The van der Waals surface area contributed by atoms with Crippen LogP contribution in [0.1, 0.15) is 59.3 Å². The number of hydrogen-bond donors (Lipinski definition) is 4. The lowest BCUT2D eigenvalue weighted by molar-refractivity contribution is -0.117. The smallest absolute Gasteiger partial charge is 0.251 e. The molecule has 5 rings (SSSR count). The maximum absolute atomic E-state index is 13.6. The summed E-state index contributed by atoms with van der Waals surface area (Å²) >= 11 is 0. The molecule has 0 unspecified atom stereocenters. The van der Waals surface area contributed by atoms with Crippen molar-refractivity contribution in [3.63, 3.8) is 0 Å². The minimum absolute atomic E-state index is 0.0759. The number of nitrogens with zero attached hydrogens (tertiary/aromatic N) is 1. The third kappa shape index (κ3) is 6.49. The highest BCUT2D eigenvalue weighted by Gasteiger charge is 2.27. The summed E-state index contributed by atoms with van der Waals surface area (Å²) in [5.41, 5.74) is 5.66. The first kappa shape index (κ1) is 26.9. The second-order valence-corrected chi connectivity index (χ2v) is 10.5. The van der Waals surface area contributed by atoms with Gasteiger partial charge in [-0.1, -0.05) is 54.6 Å². The molecular formula is C32H38N4O3. The highest BCUT2D eigenvalue weighted by molar-refractivity contribution is 6.00. The fourth-order valence-corrected chi connectivity index (χ4v) is 5.70. The molecule has 1 heterocycles. The predicted molar refractivity (Wildman–Crippen MR) is 155 cm³/mol. The molecule has 2 amide bonds. The second-order valence-electron chi connectivity index (χ2n) is 10.5. The van der Waals surface area contributed by atoms with Gasteiger partial charge in [0.15, 0.2) is 0 Å². The number of carbonyl (C=O) groups excluding carboxylic acids is 2. The van der Waals surface area contributed by atoms with Crippen molar-refractivity contribution in [3.05, 3.63) is 95.1 Å². The molecule has 1 saturated heterocycles. The Bertz CT molecular complexity index is 1300. The van der Waals surface area contributed by atoms with Crippen molar-refractivity contribution in [1.29, 1.82) is 0 Å². The number of nitrogens with one attached hydrogen (secondary N) is 3. The van der Waals surface area contributed by atoms with E-state index in [-0.39, 0.29) is 17.9 Å². The van der Waals surface area contributed by atoms with Gasteiger partial charge in [0.2, 0.25) is 5.91 Å². The normalized spacial score (nSPS) is 18.1. The molecule has 0 radical (unpaired) electrons. The van der Waals surface area contributed by atoms with Crippen molar-refractivity contribution in [2.24, 2.45) is 0 Å². The first-order valence-corrected chi connectivity index (χ1v) is 14.0. The van der Waals surface area contributed by atoms with Gasteiger partial charge < -0.3 is 26.0 Å². The molecule has 3 atom stereocenters. The van der Waals surface area contributed by atoms with Crippen molar-refractivity contribution in [2.45, 2.75) is 57.2 Å². The molecule has 1 fully saturated rings. The largest absolute Gasteiger partial charge is 0.390 e. The number of rotatable bonds is 11. The molecule has 4 N–H and O–H groups in total. The Hall–Kier alpha value is -3.68. The Labute approximate surface area is 230 Å². The number of fused-ring (bicyclic) bond motifs is 1. The summed E-state index contributed by atoms with van der Waals surface area (Å²) in [4.78, 5) is 27.8. The summed E-state index contributed by atoms with van der Waals surface area (Å²) < 4.78 is 0. The van der Waals surface area contributed by atoms with E-state index in [1.807, 2.05) is 49.4 Å². The molecule has 204 valence electrons. The number of amides is 2. The zero-order chi connectivity index (χ0) is 27.2. The highest BCUT2D eigenvalue weighted by atomic mass is 16.3. The molecule has 39 heavy (non-hydrogen) atoms. The van der Waals surface area contributed by atoms with E-state index < -0.39 is 12.1 Å². The predicted octanol–water partition coefficient (Wildman–Crippen LogP) is 4.22. The first-order chi connectivity index (χ1) is 19.0. The third-order valence-corrected chi connectivity index (χ3v) is 7.73. The SMILES string of the molecule is CCNc1cc(C(=O)N[C@@H](Cc2ccccc2)[C@@H](O)CN[C@@H]2CCc3ccccc32)cc(N2CCCC2=O)c1. The Morgan fingerprint density at radius 1 is 1.05 bits per heavy atom. The third-order valence-electron chi connectivity index (χ3n) is 7.73. The highest BCUT2D eigenvalue weighted by Crippen LogP contribution is 2.31. The summed E-state index contributed by atoms with van der Waals surface area (Å²) in [7, 11) is 0. The molecule has 7 nitrogen and oxygen atoms in total. The van der Waals surface area contributed by atoms with Gasteiger partial charge in [-0.05, 0) is 67.5 Å². The molecule has 0 saturated carbocycles. The maximum Gasteiger partial charge on any atom is 0.251 e. The first-order valence-electron chi connectivity index (χ1n) is 14.0. The van der Waals surface area contributed by atoms with Crippen LogP contribution >= 0.6 is 0 Å². The minimum Gasteiger partial charge on any atom is -0.390 e. The molecule has 3 aromatic carbocycles. The molecule has 0 aromatic heterocycles. The average Bonchev–Trinajstić information content (AvgIpc) is 3.58. The fraction of sp³-hybridized carbons (Fsp3) is 0.375. The van der Waals surface area contributed by atoms with E-state index in [0.717, 1.165) is 36.2 Å². The second kappa shape index (κ2) is 12.5. The van der Waals surface area contributed by atoms with Gasteiger partial charge in [0.25, 0.3) is 5.91 Å². The molecule has 1 aliphatic heterocycles. The van der Waals surface area contributed by atoms with Crippen molar-refractivity contribution in [2.75, 3.05) is 29.9 Å². The number of anilines is 2. The Kier molecular flexibility index (Phi) is 8.59. The van der Waals surface area contributed by atoms with Gasteiger partial charge in [-0.15, -0.1) is 0 Å². The molecule has 2 aliphatic rings. The number of hydrogen-bond acceptors (Lipinski definition) is 5. The molecule has 0 bridgehead atoms. The van der Waals surface area contributed by atoms with E-state index >= 15 is 0 Å². The zero-order valence-electron chi connectivity index (χ0n) is 22.5. The van der Waals surface area contributed by atoms with Gasteiger partial charge in [-0.2, -0.15) is 0 Å². The summed E-state index contributed by atoms with van der Waals surface area (Å²) in [6.07, 6.45) is 3.07. The van der Waals surface area contributed by atoms with Crippen LogP contribution in [-0.2, 0) is 17.6 Å².